The molecule has 44 heavy (non-hydrogen) atoms. The minimum atomic E-state index is -0.0845. The van der Waals surface area contributed by atoms with Crippen LogP contribution in [0.5, 0.6) is 0 Å². The molecule has 10 heteroatoms. The third-order valence-electron chi connectivity index (χ3n) is 9.86. The topological polar surface area (TPSA) is 99.2 Å². The molecule has 0 unspecified atom stereocenters. The van der Waals surface area contributed by atoms with Crippen LogP contribution in [0.15, 0.2) is 60.7 Å². The molecule has 0 atom stereocenters. The number of amides is 4. The van der Waals surface area contributed by atoms with E-state index in [9.17, 15) is 14.4 Å². The van der Waals surface area contributed by atoms with Crippen LogP contribution in [-0.2, 0) is 29.9 Å². The molecule has 3 fully saturated rings. The number of carbonyl (C=O) groups excluding carboxylic acids is 3. The van der Waals surface area contributed by atoms with Crippen molar-refractivity contribution in [2.75, 3.05) is 52.3 Å². The molecule has 4 aliphatic rings. The zero-order chi connectivity index (χ0) is 30.5. The van der Waals surface area contributed by atoms with Crippen LogP contribution in [0.4, 0.5) is 10.5 Å². The number of hydrogen-bond donors (Lipinski definition) is 2. The lowest BCUT2D eigenvalue weighted by molar-refractivity contribution is -0.174. The van der Waals surface area contributed by atoms with Gasteiger partial charge in [0, 0.05) is 70.3 Å². The van der Waals surface area contributed by atoms with Gasteiger partial charge in [-0.15, -0.1) is 0 Å². The molecule has 3 aromatic rings. The second-order valence-electron chi connectivity index (χ2n) is 13.1. The number of carbonyl (C=O) groups is 3. The summed E-state index contributed by atoms with van der Waals surface area (Å²) in [7, 11) is 3.53. The molecule has 2 N–H and O–H groups in total. The molecular formula is C34H40N6O4. The molecule has 230 valence electrons. The van der Waals surface area contributed by atoms with Crippen LogP contribution in [0.2, 0.25) is 0 Å². The number of nitrogens with zero attached hydrogens (tertiary/aromatic N) is 4. The smallest absolute Gasteiger partial charge is 0.321 e. The molecule has 2 saturated heterocycles. The first-order valence-electron chi connectivity index (χ1n) is 15.5. The maximum Gasteiger partial charge on any atom is 0.321 e. The van der Waals surface area contributed by atoms with E-state index in [1.54, 1.807) is 19.0 Å². The Hall–Kier alpha value is -4.15. The average molecular weight is 597 g/mol. The quantitative estimate of drug-likeness (QED) is 0.432. The summed E-state index contributed by atoms with van der Waals surface area (Å²) in [5.41, 5.74) is 5.65. The van der Waals surface area contributed by atoms with Crippen molar-refractivity contribution in [3.05, 3.63) is 88.7 Å². The molecule has 4 amide bonds. The van der Waals surface area contributed by atoms with E-state index in [2.05, 4.69) is 38.3 Å². The van der Waals surface area contributed by atoms with Crippen molar-refractivity contribution in [2.24, 2.45) is 5.41 Å². The minimum Gasteiger partial charge on any atom is -0.380 e. The van der Waals surface area contributed by atoms with Crippen molar-refractivity contribution in [3.63, 3.8) is 0 Å². The molecule has 4 heterocycles. The highest BCUT2D eigenvalue weighted by Gasteiger charge is 2.51. The molecule has 1 aromatic heterocycles. The molecule has 1 aliphatic carbocycles. The van der Waals surface area contributed by atoms with Crippen LogP contribution in [0, 0.1) is 5.41 Å². The number of hydrogen-bond acceptors (Lipinski definition) is 5. The third kappa shape index (κ3) is 5.05. The van der Waals surface area contributed by atoms with Crippen LogP contribution in [0.1, 0.15) is 56.9 Å². The second-order valence-corrected chi connectivity index (χ2v) is 13.1. The van der Waals surface area contributed by atoms with E-state index in [1.165, 1.54) is 17.7 Å². The van der Waals surface area contributed by atoms with Crippen molar-refractivity contribution in [1.29, 1.82) is 0 Å². The van der Waals surface area contributed by atoms with Crippen LogP contribution >= 0.6 is 0 Å². The number of benzene rings is 2. The van der Waals surface area contributed by atoms with Crippen LogP contribution in [-0.4, -0.2) is 84.1 Å². The number of likely N-dealkylation sites (tertiary alicyclic amines) is 1. The van der Waals surface area contributed by atoms with Crippen molar-refractivity contribution in [2.45, 2.75) is 44.4 Å². The van der Waals surface area contributed by atoms with E-state index in [1.807, 2.05) is 47.4 Å². The molecule has 2 aromatic carbocycles. The van der Waals surface area contributed by atoms with E-state index in [0.29, 0.717) is 17.8 Å². The van der Waals surface area contributed by atoms with Gasteiger partial charge < -0.3 is 29.7 Å². The summed E-state index contributed by atoms with van der Waals surface area (Å²) in [4.78, 5) is 44.1. The molecule has 3 aliphatic heterocycles. The number of anilines is 1. The fraction of sp³-hybridized carbons (Fsp3) is 0.441. The summed E-state index contributed by atoms with van der Waals surface area (Å²) in [5, 5.41) is 6.06. The molecule has 0 bridgehead atoms. The largest absolute Gasteiger partial charge is 0.380 e. The Morgan fingerprint density at radius 3 is 2.20 bits per heavy atom. The first-order chi connectivity index (χ1) is 21.3. The van der Waals surface area contributed by atoms with E-state index in [0.717, 1.165) is 70.0 Å². The van der Waals surface area contributed by atoms with Gasteiger partial charge in [-0.3, -0.25) is 14.5 Å². The minimum absolute atomic E-state index is 0.00896. The Balaban J connectivity index is 0.956. The number of nitrogens with one attached hydrogen (secondary N) is 2. The van der Waals surface area contributed by atoms with Crippen LogP contribution in [0.3, 0.4) is 0 Å². The number of urea groups is 1. The lowest BCUT2D eigenvalue weighted by Gasteiger charge is -2.54. The van der Waals surface area contributed by atoms with Gasteiger partial charge in [0.15, 0.2) is 0 Å². The van der Waals surface area contributed by atoms with Gasteiger partial charge in [0.05, 0.1) is 24.2 Å². The Labute approximate surface area is 257 Å². The highest BCUT2D eigenvalue weighted by Crippen LogP contribution is 2.49. The van der Waals surface area contributed by atoms with Gasteiger partial charge in [0.2, 0.25) is 0 Å². The SMILES string of the molecule is CN(C)C(=O)c1ccc(CN2CCn3c(C(=O)NCc4ccc(NC(=O)N5CC6(COC6)C5)cc4)ccc3C23CCC3)cc1. The highest BCUT2D eigenvalue weighted by molar-refractivity contribution is 5.94. The highest BCUT2D eigenvalue weighted by atomic mass is 16.5. The fourth-order valence-corrected chi connectivity index (χ4v) is 7.12. The summed E-state index contributed by atoms with van der Waals surface area (Å²) in [6.45, 7) is 5.84. The van der Waals surface area contributed by atoms with E-state index in [4.69, 9.17) is 4.74 Å². The Morgan fingerprint density at radius 1 is 0.886 bits per heavy atom. The van der Waals surface area contributed by atoms with E-state index >= 15 is 0 Å². The predicted molar refractivity (Wildman–Crippen MR) is 166 cm³/mol. The molecule has 2 spiro atoms. The summed E-state index contributed by atoms with van der Waals surface area (Å²) in [6, 6.07) is 19.6. The number of rotatable bonds is 7. The van der Waals surface area contributed by atoms with Gasteiger partial charge in [0.25, 0.3) is 11.8 Å². The van der Waals surface area contributed by atoms with Crippen molar-refractivity contribution >= 4 is 23.5 Å². The van der Waals surface area contributed by atoms with Crippen molar-refractivity contribution in [1.82, 2.24) is 24.6 Å². The molecule has 7 rings (SSSR count). The maximum atomic E-state index is 13.3. The average Bonchev–Trinajstić information content (AvgIpc) is 3.39. The number of fused-ring (bicyclic) bond motifs is 2. The Bertz CT molecular complexity index is 1560. The lowest BCUT2D eigenvalue weighted by atomic mass is 9.71. The van der Waals surface area contributed by atoms with Crippen molar-refractivity contribution in [3.8, 4) is 0 Å². The maximum absolute atomic E-state index is 13.3. The zero-order valence-corrected chi connectivity index (χ0v) is 25.5. The number of ether oxygens (including phenoxy) is 1. The first-order valence-corrected chi connectivity index (χ1v) is 15.5. The molecular weight excluding hydrogens is 556 g/mol. The second kappa shape index (κ2) is 11.1. The van der Waals surface area contributed by atoms with Gasteiger partial charge in [-0.1, -0.05) is 24.3 Å². The first kappa shape index (κ1) is 28.6. The molecule has 0 radical (unpaired) electrons. The number of aromatic nitrogens is 1. The van der Waals surface area contributed by atoms with Gasteiger partial charge in [-0.2, -0.15) is 0 Å². The monoisotopic (exact) mass is 596 g/mol. The van der Waals surface area contributed by atoms with Crippen LogP contribution < -0.4 is 10.6 Å². The standard InChI is InChI=1S/C34H40N6O4/c1-37(2)31(42)26-8-4-25(5-9-26)19-39-16-17-40-28(12-13-29(40)34(39)14-3-15-34)30(41)35-18-24-6-10-27(11-7-24)36-32(43)38-20-33(21-38)22-44-23-33/h4-13H,3,14-23H2,1-2H3,(H,35,41)(H,36,43). The zero-order valence-electron chi connectivity index (χ0n) is 25.5. The fourth-order valence-electron chi connectivity index (χ4n) is 7.12. The summed E-state index contributed by atoms with van der Waals surface area (Å²) < 4.78 is 7.49. The van der Waals surface area contributed by atoms with E-state index in [-0.39, 0.29) is 28.8 Å². The van der Waals surface area contributed by atoms with Gasteiger partial charge in [0.1, 0.15) is 5.69 Å². The predicted octanol–water partition coefficient (Wildman–Crippen LogP) is 3.88. The molecule has 1 saturated carbocycles. The van der Waals surface area contributed by atoms with E-state index < -0.39 is 0 Å². The summed E-state index contributed by atoms with van der Waals surface area (Å²) in [6.07, 6.45) is 3.32. The van der Waals surface area contributed by atoms with Crippen LogP contribution in [0.25, 0.3) is 0 Å². The summed E-state index contributed by atoms with van der Waals surface area (Å²) >= 11 is 0. The normalized spacial score (nSPS) is 19.4. The third-order valence-corrected chi connectivity index (χ3v) is 9.86. The van der Waals surface area contributed by atoms with Crippen molar-refractivity contribution < 1.29 is 19.1 Å². The van der Waals surface area contributed by atoms with Gasteiger partial charge in [-0.25, -0.2) is 4.79 Å². The summed E-state index contributed by atoms with van der Waals surface area (Å²) in [5.74, 6) is -0.0703. The Morgan fingerprint density at radius 2 is 1.59 bits per heavy atom. The lowest BCUT2D eigenvalue weighted by Crippen LogP contribution is -2.67. The van der Waals surface area contributed by atoms with Gasteiger partial charge >= 0.3 is 6.03 Å². The molecule has 10 nitrogen and oxygen atoms in total. The van der Waals surface area contributed by atoms with Gasteiger partial charge in [-0.05, 0) is 66.8 Å². The Kier molecular flexibility index (Phi) is 7.21.